The van der Waals surface area contributed by atoms with Gasteiger partial charge >= 0.3 is 0 Å². The third-order valence-electron chi connectivity index (χ3n) is 3.84. The molecule has 0 aliphatic carbocycles. The zero-order chi connectivity index (χ0) is 13.9. The number of nitrogens with one attached hydrogen (secondary N) is 1. The van der Waals surface area contributed by atoms with Gasteiger partial charge in [0.05, 0.1) is 0 Å². The van der Waals surface area contributed by atoms with E-state index in [-0.39, 0.29) is 0 Å². The van der Waals surface area contributed by atoms with Crippen molar-refractivity contribution in [2.75, 3.05) is 26.2 Å². The van der Waals surface area contributed by atoms with E-state index in [1.165, 1.54) is 19.5 Å². The molecule has 108 valence electrons. The highest BCUT2D eigenvalue weighted by Crippen LogP contribution is 2.30. The largest absolute Gasteiger partial charge is 0.312 e. The van der Waals surface area contributed by atoms with E-state index in [2.05, 4.69) is 55.4 Å². The van der Waals surface area contributed by atoms with E-state index >= 15 is 0 Å². The Labute approximate surface area is 122 Å². The highest BCUT2D eigenvalue weighted by molar-refractivity contribution is 7.10. The lowest BCUT2D eigenvalue weighted by atomic mass is 9.91. The fraction of sp³-hybridized carbons (Fsp3) is 0.750. The van der Waals surface area contributed by atoms with Crippen LogP contribution in [0.3, 0.4) is 0 Å². The van der Waals surface area contributed by atoms with Gasteiger partial charge in [-0.2, -0.15) is 0 Å². The van der Waals surface area contributed by atoms with Crippen LogP contribution in [0.25, 0.3) is 0 Å². The molecule has 3 heteroatoms. The van der Waals surface area contributed by atoms with Gasteiger partial charge in [-0.05, 0) is 29.8 Å². The first-order chi connectivity index (χ1) is 8.98. The van der Waals surface area contributed by atoms with Crippen LogP contribution >= 0.6 is 11.3 Å². The number of rotatable bonds is 4. The van der Waals surface area contributed by atoms with Crippen molar-refractivity contribution in [3.8, 4) is 0 Å². The molecule has 0 aromatic carbocycles. The van der Waals surface area contributed by atoms with Gasteiger partial charge in [-0.3, -0.25) is 0 Å². The van der Waals surface area contributed by atoms with Gasteiger partial charge in [0.2, 0.25) is 0 Å². The third-order valence-corrected chi connectivity index (χ3v) is 4.87. The molecule has 2 atom stereocenters. The van der Waals surface area contributed by atoms with E-state index in [1.807, 2.05) is 11.3 Å². The normalized spacial score (nSPS) is 25.7. The lowest BCUT2D eigenvalue weighted by Crippen LogP contribution is -2.49. The smallest absolute Gasteiger partial charge is 0.0201 e. The van der Waals surface area contributed by atoms with Gasteiger partial charge in [-0.1, -0.05) is 33.8 Å². The van der Waals surface area contributed by atoms with Crippen molar-refractivity contribution < 1.29 is 0 Å². The van der Waals surface area contributed by atoms with Crippen molar-refractivity contribution in [3.63, 3.8) is 0 Å². The summed E-state index contributed by atoms with van der Waals surface area (Å²) in [7, 11) is 0. The number of thiophene rings is 1. The molecule has 2 rings (SSSR count). The van der Waals surface area contributed by atoms with Gasteiger partial charge in [-0.25, -0.2) is 0 Å². The maximum absolute atomic E-state index is 3.78. The minimum atomic E-state index is 0.368. The number of hydrogen-bond donors (Lipinski definition) is 1. The van der Waals surface area contributed by atoms with Crippen LogP contribution in [-0.2, 0) is 0 Å². The summed E-state index contributed by atoms with van der Waals surface area (Å²) < 4.78 is 0. The van der Waals surface area contributed by atoms with Crippen molar-refractivity contribution in [3.05, 3.63) is 22.4 Å². The van der Waals surface area contributed by atoms with Crippen LogP contribution in [0.5, 0.6) is 0 Å². The number of piperidine rings is 1. The summed E-state index contributed by atoms with van der Waals surface area (Å²) in [6.07, 6.45) is 1.28. The molecule has 1 saturated heterocycles. The van der Waals surface area contributed by atoms with Crippen molar-refractivity contribution >= 4 is 11.3 Å². The van der Waals surface area contributed by atoms with Gasteiger partial charge < -0.3 is 10.2 Å². The predicted molar refractivity (Wildman–Crippen MR) is 85.0 cm³/mol. The van der Waals surface area contributed by atoms with Crippen LogP contribution < -0.4 is 5.32 Å². The van der Waals surface area contributed by atoms with E-state index in [0.717, 1.165) is 13.1 Å². The number of hydrogen-bond acceptors (Lipinski definition) is 3. The van der Waals surface area contributed by atoms with E-state index in [4.69, 9.17) is 0 Å². The summed E-state index contributed by atoms with van der Waals surface area (Å²) in [5, 5.41) is 5.99. The Bertz CT molecular complexity index is 367. The number of likely N-dealkylation sites (N-methyl/N-ethyl adjacent to an activating group) is 1. The standard InChI is InChI=1S/C16H28N2S/c1-5-18-10-13(15-7-6-8-19-15)9-14(11-18)17-12-16(2,3)4/h6-8,13-14,17H,5,9-12H2,1-4H3. The van der Waals surface area contributed by atoms with E-state index < -0.39 is 0 Å². The molecule has 1 aromatic heterocycles. The van der Waals surface area contributed by atoms with Crippen molar-refractivity contribution in [2.24, 2.45) is 5.41 Å². The highest BCUT2D eigenvalue weighted by atomic mass is 32.1. The molecule has 2 heterocycles. The summed E-state index contributed by atoms with van der Waals surface area (Å²) in [5.74, 6) is 0.714. The summed E-state index contributed by atoms with van der Waals surface area (Å²) in [6.45, 7) is 13.9. The molecule has 0 bridgehead atoms. The maximum atomic E-state index is 3.78. The Morgan fingerprint density at radius 2 is 2.16 bits per heavy atom. The zero-order valence-corrected chi connectivity index (χ0v) is 13.6. The maximum Gasteiger partial charge on any atom is 0.0201 e. The molecule has 0 amide bonds. The fourth-order valence-corrected chi connectivity index (χ4v) is 3.61. The van der Waals surface area contributed by atoms with E-state index in [9.17, 15) is 0 Å². The second kappa shape index (κ2) is 6.38. The molecular formula is C16H28N2S. The molecule has 1 aliphatic heterocycles. The Morgan fingerprint density at radius 1 is 1.37 bits per heavy atom. The van der Waals surface area contributed by atoms with Crippen LogP contribution in [0.1, 0.15) is 44.9 Å². The van der Waals surface area contributed by atoms with Crippen molar-refractivity contribution in [1.29, 1.82) is 0 Å². The molecule has 0 radical (unpaired) electrons. The van der Waals surface area contributed by atoms with E-state index in [0.29, 0.717) is 17.4 Å². The molecule has 1 aliphatic rings. The van der Waals surface area contributed by atoms with Gasteiger partial charge in [-0.15, -0.1) is 11.3 Å². The first-order valence-corrected chi connectivity index (χ1v) is 8.35. The van der Waals surface area contributed by atoms with Crippen LogP contribution in [-0.4, -0.2) is 37.1 Å². The lowest BCUT2D eigenvalue weighted by molar-refractivity contribution is 0.172. The lowest BCUT2D eigenvalue weighted by Gasteiger charge is -2.38. The summed E-state index contributed by atoms with van der Waals surface area (Å²) in [4.78, 5) is 4.15. The molecule has 1 aromatic rings. The minimum absolute atomic E-state index is 0.368. The second-order valence-corrected chi connectivity index (χ2v) is 7.92. The SMILES string of the molecule is CCN1CC(NCC(C)(C)C)CC(c2cccs2)C1. The second-order valence-electron chi connectivity index (χ2n) is 6.94. The molecule has 2 nitrogen and oxygen atoms in total. The molecule has 1 fully saturated rings. The first kappa shape index (κ1) is 15.0. The molecule has 19 heavy (non-hydrogen) atoms. The highest BCUT2D eigenvalue weighted by Gasteiger charge is 2.28. The molecule has 1 N–H and O–H groups in total. The van der Waals surface area contributed by atoms with Crippen LogP contribution in [0.2, 0.25) is 0 Å². The van der Waals surface area contributed by atoms with Gasteiger partial charge in [0.25, 0.3) is 0 Å². The first-order valence-electron chi connectivity index (χ1n) is 7.47. The molecule has 0 spiro atoms. The van der Waals surface area contributed by atoms with Gasteiger partial charge in [0.15, 0.2) is 0 Å². The Balaban J connectivity index is 1.96. The van der Waals surface area contributed by atoms with Crippen molar-refractivity contribution in [1.82, 2.24) is 10.2 Å². The number of likely N-dealkylation sites (tertiary alicyclic amines) is 1. The summed E-state index contributed by atoms with van der Waals surface area (Å²) >= 11 is 1.91. The average Bonchev–Trinajstić information content (AvgIpc) is 2.89. The minimum Gasteiger partial charge on any atom is -0.312 e. The Kier molecular flexibility index (Phi) is 5.04. The topological polar surface area (TPSA) is 15.3 Å². The molecule has 0 saturated carbocycles. The predicted octanol–water partition coefficient (Wildman–Crippen LogP) is 3.56. The molecule has 2 unspecified atom stereocenters. The molecular weight excluding hydrogens is 252 g/mol. The summed E-state index contributed by atoms with van der Waals surface area (Å²) in [5.41, 5.74) is 0.368. The van der Waals surface area contributed by atoms with Crippen LogP contribution in [0.15, 0.2) is 17.5 Å². The average molecular weight is 280 g/mol. The van der Waals surface area contributed by atoms with Crippen molar-refractivity contribution in [2.45, 2.75) is 46.1 Å². The van der Waals surface area contributed by atoms with Gasteiger partial charge in [0.1, 0.15) is 0 Å². The quantitative estimate of drug-likeness (QED) is 0.907. The Morgan fingerprint density at radius 3 is 2.74 bits per heavy atom. The zero-order valence-electron chi connectivity index (χ0n) is 12.8. The van der Waals surface area contributed by atoms with Crippen LogP contribution in [0.4, 0.5) is 0 Å². The van der Waals surface area contributed by atoms with Gasteiger partial charge in [0, 0.05) is 36.5 Å². The third kappa shape index (κ3) is 4.59. The fourth-order valence-electron chi connectivity index (χ4n) is 2.78. The van der Waals surface area contributed by atoms with Crippen LogP contribution in [0, 0.1) is 5.41 Å². The summed E-state index contributed by atoms with van der Waals surface area (Å²) in [6, 6.07) is 5.12. The van der Waals surface area contributed by atoms with E-state index in [1.54, 1.807) is 4.88 Å². The Hall–Kier alpha value is -0.380. The monoisotopic (exact) mass is 280 g/mol. The number of nitrogens with zero attached hydrogens (tertiary/aromatic N) is 1.